The highest BCUT2D eigenvalue weighted by Gasteiger charge is 2.25. The van der Waals surface area contributed by atoms with E-state index in [1.54, 1.807) is 17.0 Å². The molecule has 1 heterocycles. The number of nitrogens with zero attached hydrogens (tertiary/aromatic N) is 1. The molecule has 0 unspecified atom stereocenters. The Balaban J connectivity index is 1.44. The van der Waals surface area contributed by atoms with E-state index in [1.165, 1.54) is 17.7 Å². The minimum atomic E-state index is -0.492. The molecule has 0 aliphatic carbocycles. The molecule has 2 amide bonds. The van der Waals surface area contributed by atoms with Crippen LogP contribution in [0.2, 0.25) is 0 Å². The molecule has 0 spiro atoms. The monoisotopic (exact) mass is 368 g/mol. The number of benzene rings is 2. The fraction of sp³-hybridized carbons (Fsp3) is 0.364. The first kappa shape index (κ1) is 19.1. The fourth-order valence-corrected chi connectivity index (χ4v) is 3.46. The Morgan fingerprint density at radius 2 is 1.85 bits per heavy atom. The summed E-state index contributed by atoms with van der Waals surface area (Å²) in [6.07, 6.45) is 2.56. The average molecular weight is 368 g/mol. The lowest BCUT2D eigenvalue weighted by atomic mass is 10.0. The van der Waals surface area contributed by atoms with Crippen LogP contribution in [0.15, 0.2) is 48.5 Å². The van der Waals surface area contributed by atoms with Crippen LogP contribution in [0, 0.1) is 12.7 Å². The summed E-state index contributed by atoms with van der Waals surface area (Å²) in [5.41, 5.74) is 2.47. The van der Waals surface area contributed by atoms with Crippen molar-refractivity contribution < 1.29 is 14.0 Å². The Morgan fingerprint density at radius 1 is 1.11 bits per heavy atom. The van der Waals surface area contributed by atoms with Gasteiger partial charge in [-0.15, -0.1) is 0 Å². The first-order valence-electron chi connectivity index (χ1n) is 9.41. The van der Waals surface area contributed by atoms with Gasteiger partial charge in [0.2, 0.25) is 5.91 Å². The maximum atomic E-state index is 13.8. The number of likely N-dealkylation sites (tertiary alicyclic amines) is 1. The van der Waals surface area contributed by atoms with Crippen LogP contribution in [-0.2, 0) is 11.2 Å². The molecule has 4 nitrogen and oxygen atoms in total. The summed E-state index contributed by atoms with van der Waals surface area (Å²) < 4.78 is 13.8. The summed E-state index contributed by atoms with van der Waals surface area (Å²) in [5, 5.41) is 3.06. The van der Waals surface area contributed by atoms with E-state index in [-0.39, 0.29) is 23.4 Å². The average Bonchev–Trinajstić information content (AvgIpc) is 2.67. The lowest BCUT2D eigenvalue weighted by molar-refractivity contribution is -0.122. The van der Waals surface area contributed by atoms with Crippen molar-refractivity contribution in [3.8, 4) is 0 Å². The third kappa shape index (κ3) is 5.16. The number of rotatable bonds is 5. The number of hydrogen-bond donors (Lipinski definition) is 1. The Hall–Kier alpha value is -2.69. The van der Waals surface area contributed by atoms with Gasteiger partial charge in [-0.1, -0.05) is 42.0 Å². The molecule has 1 aliphatic rings. The van der Waals surface area contributed by atoms with E-state index >= 15 is 0 Å². The van der Waals surface area contributed by atoms with E-state index in [0.717, 1.165) is 12.0 Å². The van der Waals surface area contributed by atoms with Crippen LogP contribution in [0.25, 0.3) is 0 Å². The van der Waals surface area contributed by atoms with Crippen LogP contribution < -0.4 is 5.32 Å². The second-order valence-electron chi connectivity index (χ2n) is 7.10. The van der Waals surface area contributed by atoms with Gasteiger partial charge in [-0.2, -0.15) is 0 Å². The number of carbonyl (C=O) groups is 2. The Morgan fingerprint density at radius 3 is 2.56 bits per heavy atom. The zero-order valence-corrected chi connectivity index (χ0v) is 15.6. The van der Waals surface area contributed by atoms with E-state index in [4.69, 9.17) is 0 Å². The summed E-state index contributed by atoms with van der Waals surface area (Å²) >= 11 is 0. The predicted molar refractivity (Wildman–Crippen MR) is 103 cm³/mol. The summed E-state index contributed by atoms with van der Waals surface area (Å²) in [6, 6.07) is 14.3. The Bertz CT molecular complexity index is 813. The molecule has 142 valence electrons. The number of carbonyl (C=O) groups excluding carboxylic acids is 2. The normalized spacial score (nSPS) is 14.8. The maximum Gasteiger partial charge on any atom is 0.256 e. The zero-order chi connectivity index (χ0) is 19.2. The molecular weight excluding hydrogens is 343 g/mol. The van der Waals surface area contributed by atoms with E-state index in [2.05, 4.69) is 11.4 Å². The minimum Gasteiger partial charge on any atom is -0.353 e. The highest BCUT2D eigenvalue weighted by atomic mass is 19.1. The van der Waals surface area contributed by atoms with E-state index < -0.39 is 5.82 Å². The molecule has 1 fully saturated rings. The topological polar surface area (TPSA) is 49.4 Å². The summed E-state index contributed by atoms with van der Waals surface area (Å²) in [6.45, 7) is 3.09. The molecular formula is C22H25FN2O2. The van der Waals surface area contributed by atoms with E-state index in [1.807, 2.05) is 25.1 Å². The minimum absolute atomic E-state index is 0.0374. The van der Waals surface area contributed by atoms with Gasteiger partial charge in [-0.05, 0) is 43.9 Å². The smallest absolute Gasteiger partial charge is 0.256 e. The first-order chi connectivity index (χ1) is 13.0. The maximum absolute atomic E-state index is 13.8. The molecule has 5 heteroatoms. The van der Waals surface area contributed by atoms with Crippen molar-refractivity contribution in [1.82, 2.24) is 10.2 Å². The quantitative estimate of drug-likeness (QED) is 0.878. The molecule has 3 rings (SSSR count). The number of aryl methyl sites for hydroxylation is 2. The van der Waals surface area contributed by atoms with Crippen LogP contribution in [0.1, 0.15) is 40.7 Å². The van der Waals surface area contributed by atoms with Gasteiger partial charge in [-0.3, -0.25) is 9.59 Å². The number of halogens is 1. The van der Waals surface area contributed by atoms with Gasteiger partial charge in [-0.25, -0.2) is 4.39 Å². The zero-order valence-electron chi connectivity index (χ0n) is 15.6. The van der Waals surface area contributed by atoms with Gasteiger partial charge in [0, 0.05) is 25.6 Å². The first-order valence-corrected chi connectivity index (χ1v) is 9.41. The van der Waals surface area contributed by atoms with Crippen molar-refractivity contribution in [3.05, 3.63) is 71.0 Å². The molecule has 2 aromatic rings. The summed E-state index contributed by atoms with van der Waals surface area (Å²) in [7, 11) is 0. The summed E-state index contributed by atoms with van der Waals surface area (Å²) in [5.74, 6) is -0.734. The van der Waals surface area contributed by atoms with Gasteiger partial charge >= 0.3 is 0 Å². The highest BCUT2D eigenvalue weighted by molar-refractivity contribution is 5.94. The molecule has 1 saturated heterocycles. The fourth-order valence-electron chi connectivity index (χ4n) is 3.46. The highest BCUT2D eigenvalue weighted by Crippen LogP contribution is 2.16. The number of hydrogen-bond acceptors (Lipinski definition) is 2. The standard InChI is InChI=1S/C22H25FN2O2/c1-16-5-4-6-17(15-16)9-10-21(26)24-18-11-13-25(14-12-18)22(27)19-7-2-3-8-20(19)23/h2-8,15,18H,9-14H2,1H3,(H,24,26). The van der Waals surface area contributed by atoms with Gasteiger partial charge in [0.25, 0.3) is 5.91 Å². The number of piperidine rings is 1. The van der Waals surface area contributed by atoms with Crippen molar-refractivity contribution in [2.24, 2.45) is 0 Å². The van der Waals surface area contributed by atoms with E-state index in [0.29, 0.717) is 32.4 Å². The van der Waals surface area contributed by atoms with Gasteiger partial charge in [0.1, 0.15) is 5.82 Å². The van der Waals surface area contributed by atoms with Crippen molar-refractivity contribution in [3.63, 3.8) is 0 Å². The Kier molecular flexibility index (Phi) is 6.22. The largest absolute Gasteiger partial charge is 0.353 e. The number of amides is 2. The van der Waals surface area contributed by atoms with E-state index in [9.17, 15) is 14.0 Å². The van der Waals surface area contributed by atoms with Gasteiger partial charge in [0.05, 0.1) is 5.56 Å². The van der Waals surface area contributed by atoms with Crippen molar-refractivity contribution >= 4 is 11.8 Å². The van der Waals surface area contributed by atoms with Crippen LogP contribution >= 0.6 is 0 Å². The second-order valence-corrected chi connectivity index (χ2v) is 7.10. The van der Waals surface area contributed by atoms with Crippen LogP contribution in [-0.4, -0.2) is 35.8 Å². The second kappa shape index (κ2) is 8.80. The third-order valence-electron chi connectivity index (χ3n) is 4.97. The molecule has 1 aliphatic heterocycles. The van der Waals surface area contributed by atoms with Crippen molar-refractivity contribution in [2.45, 2.75) is 38.6 Å². The van der Waals surface area contributed by atoms with Gasteiger partial charge in [0.15, 0.2) is 0 Å². The summed E-state index contributed by atoms with van der Waals surface area (Å²) in [4.78, 5) is 26.3. The van der Waals surface area contributed by atoms with Gasteiger partial charge < -0.3 is 10.2 Å². The molecule has 0 bridgehead atoms. The van der Waals surface area contributed by atoms with Crippen LogP contribution in [0.3, 0.4) is 0 Å². The third-order valence-corrected chi connectivity index (χ3v) is 4.97. The molecule has 0 aromatic heterocycles. The Labute approximate surface area is 159 Å². The van der Waals surface area contributed by atoms with Crippen molar-refractivity contribution in [1.29, 1.82) is 0 Å². The predicted octanol–water partition coefficient (Wildman–Crippen LogP) is 3.49. The SMILES string of the molecule is Cc1cccc(CCC(=O)NC2CCN(C(=O)c3ccccc3F)CC2)c1. The van der Waals surface area contributed by atoms with Crippen LogP contribution in [0.5, 0.6) is 0 Å². The lowest BCUT2D eigenvalue weighted by Gasteiger charge is -2.32. The molecule has 27 heavy (non-hydrogen) atoms. The molecule has 1 N–H and O–H groups in total. The number of nitrogens with one attached hydrogen (secondary N) is 1. The molecule has 0 radical (unpaired) electrons. The molecule has 2 aromatic carbocycles. The molecule has 0 saturated carbocycles. The van der Waals surface area contributed by atoms with Crippen molar-refractivity contribution in [2.75, 3.05) is 13.1 Å². The molecule has 0 atom stereocenters. The van der Waals surface area contributed by atoms with Crippen LogP contribution in [0.4, 0.5) is 4.39 Å². The lowest BCUT2D eigenvalue weighted by Crippen LogP contribution is -2.46.